The molecule has 0 N–H and O–H groups in total. The second-order valence-electron chi connectivity index (χ2n) is 8.54. The minimum Gasteiger partial charge on any atom is -0.487 e. The number of nitrogens with zero attached hydrogens (tertiary/aromatic N) is 2. The highest BCUT2D eigenvalue weighted by Crippen LogP contribution is 2.39. The molecule has 1 aliphatic rings. The number of amides is 1. The van der Waals surface area contributed by atoms with Crippen LogP contribution in [0.2, 0.25) is 5.02 Å². The van der Waals surface area contributed by atoms with Gasteiger partial charge in [0.15, 0.2) is 11.5 Å². The number of carbonyl (C=O) groups excluding carboxylic acids is 1. The average Bonchev–Trinajstić information content (AvgIpc) is 3.41. The molecule has 0 fully saturated rings. The molecular formula is C27H25ClN2O4S. The smallest absolute Gasteiger partial charge is 0.227 e. The van der Waals surface area contributed by atoms with Crippen LogP contribution in [0.5, 0.6) is 11.5 Å². The fraction of sp³-hybridized carbons (Fsp3) is 0.259. The van der Waals surface area contributed by atoms with Gasteiger partial charge in [0.1, 0.15) is 19.0 Å². The van der Waals surface area contributed by atoms with Gasteiger partial charge < -0.3 is 18.9 Å². The summed E-state index contributed by atoms with van der Waals surface area (Å²) in [6.07, 6.45) is 0.242. The Balaban J connectivity index is 1.47. The predicted octanol–water partition coefficient (Wildman–Crippen LogP) is 6.22. The van der Waals surface area contributed by atoms with E-state index in [1.54, 1.807) is 11.3 Å². The molecule has 0 radical (unpaired) electrons. The number of benzene rings is 2. The van der Waals surface area contributed by atoms with E-state index in [1.165, 1.54) is 0 Å². The van der Waals surface area contributed by atoms with Crippen molar-refractivity contribution in [2.24, 2.45) is 0 Å². The molecule has 0 atom stereocenters. The van der Waals surface area contributed by atoms with Gasteiger partial charge >= 0.3 is 0 Å². The molecule has 2 aromatic carbocycles. The number of aromatic nitrogens is 1. The van der Waals surface area contributed by atoms with Crippen molar-refractivity contribution >= 4 is 28.8 Å². The van der Waals surface area contributed by atoms with Gasteiger partial charge in [0.25, 0.3) is 0 Å². The monoisotopic (exact) mass is 508 g/mol. The van der Waals surface area contributed by atoms with Crippen molar-refractivity contribution in [1.29, 1.82) is 0 Å². The van der Waals surface area contributed by atoms with Crippen LogP contribution in [0.15, 0.2) is 57.7 Å². The van der Waals surface area contributed by atoms with E-state index in [1.807, 2.05) is 60.5 Å². The fourth-order valence-electron chi connectivity index (χ4n) is 4.19. The Morgan fingerprint density at radius 1 is 1.20 bits per heavy atom. The molecule has 1 aliphatic heterocycles. The molecule has 0 saturated carbocycles. The van der Waals surface area contributed by atoms with E-state index in [-0.39, 0.29) is 12.3 Å². The first-order chi connectivity index (χ1) is 17.0. The zero-order valence-electron chi connectivity index (χ0n) is 19.5. The zero-order valence-corrected chi connectivity index (χ0v) is 21.1. The van der Waals surface area contributed by atoms with E-state index in [0.717, 1.165) is 33.5 Å². The number of hydrogen-bond acceptors (Lipinski definition) is 6. The average molecular weight is 509 g/mol. The summed E-state index contributed by atoms with van der Waals surface area (Å²) in [6.45, 7) is 5.40. The third-order valence-electron chi connectivity index (χ3n) is 6.09. The van der Waals surface area contributed by atoms with Gasteiger partial charge in [-0.1, -0.05) is 28.9 Å². The fourth-order valence-corrected chi connectivity index (χ4v) is 5.04. The third kappa shape index (κ3) is 5.21. The summed E-state index contributed by atoms with van der Waals surface area (Å²) in [5, 5.41) is 8.73. The minimum absolute atomic E-state index is 0.00440. The van der Waals surface area contributed by atoms with Crippen LogP contribution in [0.1, 0.15) is 28.1 Å². The number of hydrogen-bond donors (Lipinski definition) is 0. The summed E-state index contributed by atoms with van der Waals surface area (Å²) in [4.78, 5) is 15.1. The highest BCUT2D eigenvalue weighted by Gasteiger charge is 2.25. The summed E-state index contributed by atoms with van der Waals surface area (Å²) in [6, 6.07) is 13.8. The van der Waals surface area contributed by atoms with Gasteiger partial charge in [0, 0.05) is 22.7 Å². The molecule has 0 bridgehead atoms. The van der Waals surface area contributed by atoms with Crippen molar-refractivity contribution in [3.05, 3.63) is 86.4 Å². The van der Waals surface area contributed by atoms with Crippen molar-refractivity contribution in [1.82, 2.24) is 10.1 Å². The van der Waals surface area contributed by atoms with E-state index in [0.29, 0.717) is 48.6 Å². The third-order valence-corrected chi connectivity index (χ3v) is 7.06. The Morgan fingerprint density at radius 2 is 2.09 bits per heavy atom. The number of halogens is 1. The lowest BCUT2D eigenvalue weighted by molar-refractivity contribution is -0.131. The first-order valence-electron chi connectivity index (χ1n) is 11.4. The molecule has 8 heteroatoms. The topological polar surface area (TPSA) is 64.8 Å². The zero-order chi connectivity index (χ0) is 24.4. The van der Waals surface area contributed by atoms with Crippen molar-refractivity contribution < 1.29 is 18.8 Å². The second-order valence-corrected chi connectivity index (χ2v) is 9.75. The molecule has 2 aromatic heterocycles. The van der Waals surface area contributed by atoms with Gasteiger partial charge in [-0.05, 0) is 71.6 Å². The lowest BCUT2D eigenvalue weighted by Crippen LogP contribution is -2.33. The summed E-state index contributed by atoms with van der Waals surface area (Å²) in [5.74, 6) is 2.02. The summed E-state index contributed by atoms with van der Waals surface area (Å²) in [5.41, 5.74) is 5.51. The second kappa shape index (κ2) is 10.1. The Bertz CT molecular complexity index is 1330. The van der Waals surface area contributed by atoms with E-state index in [9.17, 15) is 4.79 Å². The molecule has 4 aromatic rings. The number of aryl methyl sites for hydroxylation is 2. The number of ether oxygens (including phenoxy) is 2. The van der Waals surface area contributed by atoms with Gasteiger partial charge in [-0.25, -0.2) is 0 Å². The van der Waals surface area contributed by atoms with Crippen molar-refractivity contribution in [3.8, 4) is 22.6 Å². The Kier molecular flexibility index (Phi) is 6.79. The number of thiophene rings is 1. The molecular weight excluding hydrogens is 484 g/mol. The van der Waals surface area contributed by atoms with E-state index in [2.05, 4.69) is 16.6 Å². The van der Waals surface area contributed by atoms with Crippen molar-refractivity contribution in [3.63, 3.8) is 0 Å². The van der Waals surface area contributed by atoms with Crippen LogP contribution in [0.4, 0.5) is 0 Å². The van der Waals surface area contributed by atoms with Crippen molar-refractivity contribution in [2.75, 3.05) is 13.2 Å². The molecule has 35 heavy (non-hydrogen) atoms. The number of rotatable bonds is 6. The normalized spacial score (nSPS) is 13.2. The molecule has 1 amide bonds. The molecule has 0 aliphatic carbocycles. The molecule has 5 rings (SSSR count). The van der Waals surface area contributed by atoms with Crippen LogP contribution < -0.4 is 9.47 Å². The summed E-state index contributed by atoms with van der Waals surface area (Å²) >= 11 is 7.90. The van der Waals surface area contributed by atoms with Crippen LogP contribution in [0.25, 0.3) is 11.1 Å². The number of carbonyl (C=O) groups is 1. The molecule has 0 unspecified atom stereocenters. The standard InChI is InChI=1S/C27H25ClN2O4S/c1-17-24(18(2)34-29-17)13-26(31)30-7-8-32-27-22(14-30)10-21(20-4-3-5-23(28)11-20)12-25(27)33-15-19-6-9-35-16-19/h3-6,9-12,16H,7-8,13-15H2,1-2H3. The Labute approximate surface area is 213 Å². The maximum absolute atomic E-state index is 13.3. The molecule has 0 spiro atoms. The van der Waals surface area contributed by atoms with E-state index < -0.39 is 0 Å². The minimum atomic E-state index is 0.00440. The van der Waals surface area contributed by atoms with E-state index >= 15 is 0 Å². The van der Waals surface area contributed by atoms with Gasteiger partial charge in [0.05, 0.1) is 18.7 Å². The molecule has 3 heterocycles. The molecule has 0 saturated heterocycles. The van der Waals surface area contributed by atoms with Crippen LogP contribution >= 0.6 is 22.9 Å². The van der Waals surface area contributed by atoms with E-state index in [4.69, 9.17) is 25.6 Å². The Morgan fingerprint density at radius 3 is 2.83 bits per heavy atom. The van der Waals surface area contributed by atoms with Crippen LogP contribution in [0.3, 0.4) is 0 Å². The first-order valence-corrected chi connectivity index (χ1v) is 12.7. The van der Waals surface area contributed by atoms with Crippen LogP contribution in [0, 0.1) is 13.8 Å². The summed E-state index contributed by atoms with van der Waals surface area (Å²) < 4.78 is 17.6. The van der Waals surface area contributed by atoms with Crippen LogP contribution in [-0.2, 0) is 24.4 Å². The maximum Gasteiger partial charge on any atom is 0.227 e. The quantitative estimate of drug-likeness (QED) is 0.309. The predicted molar refractivity (Wildman–Crippen MR) is 136 cm³/mol. The van der Waals surface area contributed by atoms with Crippen molar-refractivity contribution in [2.45, 2.75) is 33.4 Å². The highest BCUT2D eigenvalue weighted by molar-refractivity contribution is 7.07. The molecule has 180 valence electrons. The summed E-state index contributed by atoms with van der Waals surface area (Å²) in [7, 11) is 0. The SMILES string of the molecule is Cc1noc(C)c1CC(=O)N1CCOc2c(cc(-c3cccc(Cl)c3)cc2OCc2ccsc2)C1. The highest BCUT2D eigenvalue weighted by atomic mass is 35.5. The van der Waals surface area contributed by atoms with Gasteiger partial charge in [0.2, 0.25) is 5.91 Å². The van der Waals surface area contributed by atoms with Gasteiger partial charge in [-0.2, -0.15) is 11.3 Å². The van der Waals surface area contributed by atoms with Crippen LogP contribution in [-0.4, -0.2) is 29.1 Å². The molecule has 6 nitrogen and oxygen atoms in total. The lowest BCUT2D eigenvalue weighted by atomic mass is 10.0. The largest absolute Gasteiger partial charge is 0.487 e. The maximum atomic E-state index is 13.3. The Hall–Kier alpha value is -3.29. The first kappa shape index (κ1) is 23.5. The number of fused-ring (bicyclic) bond motifs is 1. The van der Waals surface area contributed by atoms with Gasteiger partial charge in [-0.15, -0.1) is 0 Å². The van der Waals surface area contributed by atoms with Gasteiger partial charge in [-0.3, -0.25) is 4.79 Å². The lowest BCUT2D eigenvalue weighted by Gasteiger charge is -2.20.